The maximum atomic E-state index is 12.3. The molecule has 0 saturated carbocycles. The highest BCUT2D eigenvalue weighted by Gasteiger charge is 2.36. The number of nitrogens with zero attached hydrogens (tertiary/aromatic N) is 1. The molecule has 1 heterocycles. The SMILES string of the molecule is COC1CC(CC(=O)O)N(C(=O)COc2cccc(Br)c2)C1. The van der Waals surface area contributed by atoms with E-state index in [1.54, 1.807) is 24.1 Å². The van der Waals surface area contributed by atoms with Crippen LogP contribution < -0.4 is 4.74 Å². The minimum Gasteiger partial charge on any atom is -0.484 e. The Morgan fingerprint density at radius 3 is 2.86 bits per heavy atom. The van der Waals surface area contributed by atoms with E-state index in [0.717, 1.165) is 4.47 Å². The fourth-order valence-electron chi connectivity index (χ4n) is 2.53. The van der Waals surface area contributed by atoms with Gasteiger partial charge in [-0.15, -0.1) is 0 Å². The van der Waals surface area contributed by atoms with Gasteiger partial charge in [0.25, 0.3) is 5.91 Å². The molecule has 1 N–H and O–H groups in total. The van der Waals surface area contributed by atoms with Crippen LogP contribution in [0.15, 0.2) is 28.7 Å². The van der Waals surface area contributed by atoms with Crippen molar-refractivity contribution < 1.29 is 24.2 Å². The molecule has 0 radical (unpaired) electrons. The Morgan fingerprint density at radius 1 is 1.45 bits per heavy atom. The van der Waals surface area contributed by atoms with E-state index in [9.17, 15) is 9.59 Å². The first kappa shape index (κ1) is 16.8. The summed E-state index contributed by atoms with van der Waals surface area (Å²) in [5, 5.41) is 8.96. The Bertz CT molecular complexity index is 550. The third-order valence-electron chi connectivity index (χ3n) is 3.60. The van der Waals surface area contributed by atoms with Gasteiger partial charge in [0.1, 0.15) is 5.75 Å². The number of rotatable bonds is 6. The molecule has 1 aliphatic heterocycles. The summed E-state index contributed by atoms with van der Waals surface area (Å²) < 4.78 is 11.6. The molecule has 0 bridgehead atoms. The van der Waals surface area contributed by atoms with Crippen molar-refractivity contribution in [2.75, 3.05) is 20.3 Å². The Labute approximate surface area is 137 Å². The second-order valence-electron chi connectivity index (χ2n) is 5.14. The zero-order chi connectivity index (χ0) is 16.1. The molecule has 0 spiro atoms. The minimum atomic E-state index is -0.924. The Balaban J connectivity index is 1.95. The van der Waals surface area contributed by atoms with Crippen LogP contribution in [-0.4, -0.2) is 54.3 Å². The molecular weight excluding hydrogens is 354 g/mol. The van der Waals surface area contributed by atoms with Gasteiger partial charge in [-0.1, -0.05) is 22.0 Å². The zero-order valence-electron chi connectivity index (χ0n) is 12.2. The van der Waals surface area contributed by atoms with Gasteiger partial charge in [-0.25, -0.2) is 0 Å². The highest BCUT2D eigenvalue weighted by Crippen LogP contribution is 2.23. The summed E-state index contributed by atoms with van der Waals surface area (Å²) in [4.78, 5) is 24.8. The molecule has 1 saturated heterocycles. The van der Waals surface area contributed by atoms with Crippen LogP contribution in [0.3, 0.4) is 0 Å². The maximum Gasteiger partial charge on any atom is 0.305 e. The molecule has 0 aromatic heterocycles. The summed E-state index contributed by atoms with van der Waals surface area (Å²) in [5.41, 5.74) is 0. The Kier molecular flexibility index (Phi) is 5.79. The fraction of sp³-hybridized carbons (Fsp3) is 0.467. The number of hydrogen-bond acceptors (Lipinski definition) is 4. The molecule has 22 heavy (non-hydrogen) atoms. The molecule has 0 aliphatic carbocycles. The molecular formula is C15H18BrNO5. The van der Waals surface area contributed by atoms with Crippen molar-refractivity contribution in [2.45, 2.75) is 25.0 Å². The molecule has 1 fully saturated rings. The Hall–Kier alpha value is -1.60. The number of ether oxygens (including phenoxy) is 2. The lowest BCUT2D eigenvalue weighted by Gasteiger charge is -2.23. The lowest BCUT2D eigenvalue weighted by atomic mass is 10.1. The van der Waals surface area contributed by atoms with Crippen LogP contribution in [0.25, 0.3) is 0 Å². The van der Waals surface area contributed by atoms with E-state index in [1.165, 1.54) is 0 Å². The van der Waals surface area contributed by atoms with Gasteiger partial charge in [0.15, 0.2) is 6.61 Å². The second kappa shape index (κ2) is 7.60. The fourth-order valence-corrected chi connectivity index (χ4v) is 2.91. The predicted octanol–water partition coefficient (Wildman–Crippen LogP) is 1.92. The first-order valence-corrected chi connectivity index (χ1v) is 7.71. The number of likely N-dealkylation sites (tertiary alicyclic amines) is 1. The first-order valence-electron chi connectivity index (χ1n) is 6.92. The first-order chi connectivity index (χ1) is 10.5. The van der Waals surface area contributed by atoms with E-state index in [0.29, 0.717) is 18.7 Å². The number of carbonyl (C=O) groups excluding carboxylic acids is 1. The highest BCUT2D eigenvalue weighted by atomic mass is 79.9. The molecule has 120 valence electrons. The van der Waals surface area contributed by atoms with Gasteiger partial charge in [-0.2, -0.15) is 0 Å². The highest BCUT2D eigenvalue weighted by molar-refractivity contribution is 9.10. The van der Waals surface area contributed by atoms with Gasteiger partial charge in [0.2, 0.25) is 0 Å². The molecule has 2 rings (SSSR count). The molecule has 2 atom stereocenters. The van der Waals surface area contributed by atoms with E-state index in [4.69, 9.17) is 14.6 Å². The number of halogens is 1. The van der Waals surface area contributed by atoms with Crippen LogP contribution >= 0.6 is 15.9 Å². The van der Waals surface area contributed by atoms with Crippen molar-refractivity contribution in [2.24, 2.45) is 0 Å². The van der Waals surface area contributed by atoms with Crippen molar-refractivity contribution in [1.82, 2.24) is 4.90 Å². The molecule has 1 aromatic carbocycles. The van der Waals surface area contributed by atoms with Crippen molar-refractivity contribution >= 4 is 27.8 Å². The third-order valence-corrected chi connectivity index (χ3v) is 4.09. The van der Waals surface area contributed by atoms with Crippen molar-refractivity contribution in [1.29, 1.82) is 0 Å². The van der Waals surface area contributed by atoms with Gasteiger partial charge in [-0.3, -0.25) is 9.59 Å². The largest absolute Gasteiger partial charge is 0.484 e. The van der Waals surface area contributed by atoms with Gasteiger partial charge >= 0.3 is 5.97 Å². The van der Waals surface area contributed by atoms with Crippen LogP contribution in [0.5, 0.6) is 5.75 Å². The van der Waals surface area contributed by atoms with E-state index >= 15 is 0 Å². The maximum absolute atomic E-state index is 12.3. The molecule has 1 amide bonds. The van der Waals surface area contributed by atoms with Crippen LogP contribution in [0.4, 0.5) is 0 Å². The zero-order valence-corrected chi connectivity index (χ0v) is 13.8. The number of carbonyl (C=O) groups is 2. The van der Waals surface area contributed by atoms with Gasteiger partial charge in [-0.05, 0) is 24.6 Å². The van der Waals surface area contributed by atoms with Gasteiger partial charge in [0, 0.05) is 24.2 Å². The van der Waals surface area contributed by atoms with Crippen LogP contribution in [0.2, 0.25) is 0 Å². The lowest BCUT2D eigenvalue weighted by molar-refractivity contribution is -0.140. The smallest absolute Gasteiger partial charge is 0.305 e. The minimum absolute atomic E-state index is 0.0809. The molecule has 7 heteroatoms. The lowest BCUT2D eigenvalue weighted by Crippen LogP contribution is -2.40. The van der Waals surface area contributed by atoms with Crippen LogP contribution in [0.1, 0.15) is 12.8 Å². The summed E-state index contributed by atoms with van der Waals surface area (Å²) in [5.74, 6) is -0.571. The summed E-state index contributed by atoms with van der Waals surface area (Å²) in [6, 6.07) is 6.86. The quantitative estimate of drug-likeness (QED) is 0.826. The van der Waals surface area contributed by atoms with Gasteiger partial charge < -0.3 is 19.5 Å². The summed E-state index contributed by atoms with van der Waals surface area (Å²) in [6.07, 6.45) is 0.327. The molecule has 6 nitrogen and oxygen atoms in total. The number of aliphatic carboxylic acids is 1. The molecule has 1 aromatic rings. The van der Waals surface area contributed by atoms with Crippen LogP contribution in [-0.2, 0) is 14.3 Å². The van der Waals surface area contributed by atoms with Gasteiger partial charge in [0.05, 0.1) is 12.5 Å². The predicted molar refractivity (Wildman–Crippen MR) is 82.8 cm³/mol. The summed E-state index contributed by atoms with van der Waals surface area (Å²) in [7, 11) is 1.56. The number of amides is 1. The van der Waals surface area contributed by atoms with Crippen LogP contribution in [0, 0.1) is 0 Å². The monoisotopic (exact) mass is 371 g/mol. The molecule has 1 aliphatic rings. The van der Waals surface area contributed by atoms with E-state index in [-0.39, 0.29) is 31.1 Å². The number of methoxy groups -OCH3 is 1. The van der Waals surface area contributed by atoms with E-state index in [2.05, 4.69) is 15.9 Å². The third kappa shape index (κ3) is 4.45. The molecule has 2 unspecified atom stereocenters. The topological polar surface area (TPSA) is 76.1 Å². The van der Waals surface area contributed by atoms with Crippen molar-refractivity contribution in [3.63, 3.8) is 0 Å². The number of hydrogen-bond donors (Lipinski definition) is 1. The van der Waals surface area contributed by atoms with Crippen molar-refractivity contribution in [3.05, 3.63) is 28.7 Å². The van der Waals surface area contributed by atoms with Crippen molar-refractivity contribution in [3.8, 4) is 5.75 Å². The summed E-state index contributed by atoms with van der Waals surface area (Å²) in [6.45, 7) is 0.276. The standard InChI is InChI=1S/C15H18BrNO5/c1-21-13-6-11(7-15(19)20)17(8-13)14(18)9-22-12-4-2-3-10(16)5-12/h2-5,11,13H,6-9H2,1H3,(H,19,20). The van der Waals surface area contributed by atoms with E-state index in [1.807, 2.05) is 12.1 Å². The second-order valence-corrected chi connectivity index (χ2v) is 6.05. The normalized spacial score (nSPS) is 20.9. The Morgan fingerprint density at radius 2 is 2.23 bits per heavy atom. The number of carboxylic acids is 1. The average molecular weight is 372 g/mol. The average Bonchev–Trinajstić information content (AvgIpc) is 2.87. The number of benzene rings is 1. The summed E-state index contributed by atoms with van der Waals surface area (Å²) >= 11 is 3.33. The number of carboxylic acid groups (broad SMARTS) is 1. The van der Waals surface area contributed by atoms with E-state index < -0.39 is 5.97 Å².